The van der Waals surface area contributed by atoms with Gasteiger partial charge in [0.05, 0.1) is 12.4 Å². The molecule has 0 fully saturated rings. The van der Waals surface area contributed by atoms with Crippen LogP contribution in [0.2, 0.25) is 0 Å². The molecular weight excluding hydrogens is 432 g/mol. The Morgan fingerprint density at radius 2 is 1.83 bits per heavy atom. The standard InChI is InChI=1S/C12H21N3O6S.C2H7NO3S/c1-2-21-10(17)5-14-11(18)8(6-22)15-9(16)4-3-7(13)12(19)20;3-1-2-7(4,5)6/h7-8,22H,2-6,13H2,1H3,(H,14,18)(H,15,16)(H,19,20);1-3H2,(H,4,5,6)/t7-,8-;/m0./s1. The Kier molecular flexibility index (Phi) is 16.1. The van der Waals surface area contributed by atoms with Gasteiger partial charge in [0, 0.05) is 18.7 Å². The minimum Gasteiger partial charge on any atom is -0.480 e. The zero-order valence-electron chi connectivity index (χ0n) is 15.9. The van der Waals surface area contributed by atoms with E-state index in [0.717, 1.165) is 0 Å². The van der Waals surface area contributed by atoms with E-state index in [1.54, 1.807) is 6.92 Å². The van der Waals surface area contributed by atoms with Gasteiger partial charge >= 0.3 is 11.9 Å². The quantitative estimate of drug-likeness (QED) is 0.0887. The molecule has 0 aromatic heterocycles. The van der Waals surface area contributed by atoms with E-state index in [4.69, 9.17) is 21.1 Å². The van der Waals surface area contributed by atoms with Crippen LogP contribution >= 0.6 is 12.6 Å². The topological polar surface area (TPSA) is 228 Å². The largest absolute Gasteiger partial charge is 0.480 e. The average molecular weight is 461 g/mol. The molecule has 0 saturated heterocycles. The highest BCUT2D eigenvalue weighted by Gasteiger charge is 2.21. The molecule has 0 aliphatic rings. The Hall–Kier alpha value is -1.94. The number of thiol groups is 1. The van der Waals surface area contributed by atoms with E-state index in [1.807, 2.05) is 0 Å². The van der Waals surface area contributed by atoms with Crippen molar-refractivity contribution >= 4 is 46.5 Å². The van der Waals surface area contributed by atoms with Crippen molar-refractivity contribution in [2.24, 2.45) is 11.5 Å². The first-order chi connectivity index (χ1) is 13.4. The van der Waals surface area contributed by atoms with Gasteiger partial charge < -0.3 is 31.9 Å². The maximum absolute atomic E-state index is 11.8. The van der Waals surface area contributed by atoms with Gasteiger partial charge in [0.1, 0.15) is 18.6 Å². The van der Waals surface area contributed by atoms with Crippen molar-refractivity contribution in [2.45, 2.75) is 31.8 Å². The van der Waals surface area contributed by atoms with Gasteiger partial charge in [-0.25, -0.2) is 0 Å². The van der Waals surface area contributed by atoms with E-state index in [1.165, 1.54) is 0 Å². The second kappa shape index (κ2) is 15.9. The van der Waals surface area contributed by atoms with Crippen molar-refractivity contribution in [1.82, 2.24) is 10.6 Å². The summed E-state index contributed by atoms with van der Waals surface area (Å²) in [5, 5.41) is 13.3. The molecule has 13 nitrogen and oxygen atoms in total. The smallest absolute Gasteiger partial charge is 0.325 e. The molecule has 0 aromatic carbocycles. The van der Waals surface area contributed by atoms with Crippen molar-refractivity contribution in [2.75, 3.05) is 31.2 Å². The lowest BCUT2D eigenvalue weighted by molar-refractivity contribution is -0.143. The van der Waals surface area contributed by atoms with E-state index in [-0.39, 0.29) is 44.0 Å². The van der Waals surface area contributed by atoms with Crippen molar-refractivity contribution in [1.29, 1.82) is 0 Å². The number of esters is 1. The summed E-state index contributed by atoms with van der Waals surface area (Å²) in [6, 6.07) is -2.08. The lowest BCUT2D eigenvalue weighted by Crippen LogP contribution is -2.49. The van der Waals surface area contributed by atoms with Gasteiger partial charge in [-0.2, -0.15) is 21.0 Å². The number of amides is 2. The average Bonchev–Trinajstić information content (AvgIpc) is 2.61. The van der Waals surface area contributed by atoms with E-state index >= 15 is 0 Å². The van der Waals surface area contributed by atoms with E-state index in [0.29, 0.717) is 0 Å². The number of hydrogen-bond acceptors (Lipinski definition) is 10. The number of rotatable bonds is 12. The van der Waals surface area contributed by atoms with Crippen LogP contribution in [-0.4, -0.2) is 85.1 Å². The Bertz CT molecular complexity index is 643. The number of ether oxygens (including phenoxy) is 1. The van der Waals surface area contributed by atoms with Crippen molar-refractivity contribution in [3.05, 3.63) is 0 Å². The Balaban J connectivity index is 0. The maximum atomic E-state index is 11.8. The molecule has 0 aliphatic carbocycles. The molecule has 8 N–H and O–H groups in total. The highest BCUT2D eigenvalue weighted by atomic mass is 32.2. The molecule has 2 atom stereocenters. The molecule has 170 valence electrons. The first kappa shape index (κ1) is 29.3. The summed E-state index contributed by atoms with van der Waals surface area (Å²) < 4.78 is 32.0. The van der Waals surface area contributed by atoms with Crippen LogP contribution in [0.3, 0.4) is 0 Å². The SMILES string of the molecule is CCOC(=O)CNC(=O)[C@H](CS)NC(=O)CC[C@H](N)C(=O)O.NCCS(=O)(=O)O. The third-order valence-corrected chi connectivity index (χ3v) is 4.04. The number of nitrogens with two attached hydrogens (primary N) is 2. The van der Waals surface area contributed by atoms with E-state index in [9.17, 15) is 27.6 Å². The van der Waals surface area contributed by atoms with E-state index in [2.05, 4.69) is 28.0 Å². The van der Waals surface area contributed by atoms with Crippen molar-refractivity contribution in [3.8, 4) is 0 Å². The molecule has 0 bridgehead atoms. The van der Waals surface area contributed by atoms with E-state index < -0.39 is 46.0 Å². The maximum Gasteiger partial charge on any atom is 0.325 e. The minimum atomic E-state index is -3.80. The number of hydrogen-bond donors (Lipinski definition) is 7. The summed E-state index contributed by atoms with van der Waals surface area (Å²) in [6.45, 7) is 1.50. The molecule has 0 radical (unpaired) electrons. The number of carbonyl (C=O) groups is 4. The van der Waals surface area contributed by atoms with Crippen LogP contribution in [0, 0.1) is 0 Å². The van der Waals surface area contributed by atoms with Crippen LogP contribution in [0.15, 0.2) is 0 Å². The molecule has 0 unspecified atom stereocenters. The van der Waals surface area contributed by atoms with Crippen LogP contribution in [0.25, 0.3) is 0 Å². The lowest BCUT2D eigenvalue weighted by Gasteiger charge is -2.16. The zero-order chi connectivity index (χ0) is 23.0. The molecule has 0 spiro atoms. The van der Waals surface area contributed by atoms with Gasteiger partial charge in [-0.05, 0) is 13.3 Å². The van der Waals surface area contributed by atoms with Gasteiger partial charge in [-0.1, -0.05) is 0 Å². The zero-order valence-corrected chi connectivity index (χ0v) is 17.6. The molecule has 2 amide bonds. The normalized spacial score (nSPS) is 12.6. The Labute approximate surface area is 174 Å². The van der Waals surface area contributed by atoms with Crippen LogP contribution in [0.1, 0.15) is 19.8 Å². The lowest BCUT2D eigenvalue weighted by atomic mass is 10.1. The number of carbonyl (C=O) groups excluding carboxylic acids is 3. The predicted octanol–water partition coefficient (Wildman–Crippen LogP) is -2.89. The molecule has 0 saturated carbocycles. The fraction of sp³-hybridized carbons (Fsp3) is 0.714. The predicted molar refractivity (Wildman–Crippen MR) is 106 cm³/mol. The second-order valence-corrected chi connectivity index (χ2v) is 7.32. The van der Waals surface area contributed by atoms with Gasteiger partial charge in [0.2, 0.25) is 11.8 Å². The van der Waals surface area contributed by atoms with Gasteiger partial charge in [-0.3, -0.25) is 23.7 Å². The molecule has 15 heteroatoms. The highest BCUT2D eigenvalue weighted by Crippen LogP contribution is 1.97. The summed E-state index contributed by atoms with van der Waals surface area (Å²) in [6.07, 6.45) is -0.187. The summed E-state index contributed by atoms with van der Waals surface area (Å²) in [5.74, 6) is -3.24. The molecule has 29 heavy (non-hydrogen) atoms. The van der Waals surface area contributed by atoms with Gasteiger partial charge in [0.25, 0.3) is 10.1 Å². The fourth-order valence-electron chi connectivity index (χ4n) is 1.51. The molecule has 0 aliphatic heterocycles. The first-order valence-corrected chi connectivity index (χ1v) is 10.6. The van der Waals surface area contributed by atoms with Gasteiger partial charge in [0.15, 0.2) is 0 Å². The third-order valence-electron chi connectivity index (χ3n) is 2.92. The monoisotopic (exact) mass is 460 g/mol. The molecule has 0 aromatic rings. The third kappa shape index (κ3) is 17.9. The van der Waals surface area contributed by atoms with Crippen LogP contribution < -0.4 is 22.1 Å². The van der Waals surface area contributed by atoms with Crippen molar-refractivity contribution < 1.29 is 42.0 Å². The van der Waals surface area contributed by atoms with Crippen molar-refractivity contribution in [3.63, 3.8) is 0 Å². The molecular formula is C14H28N4O9S2. The Morgan fingerprint density at radius 3 is 2.21 bits per heavy atom. The number of carboxylic acid groups (broad SMARTS) is 1. The molecule has 0 heterocycles. The summed E-state index contributed by atoms with van der Waals surface area (Å²) >= 11 is 3.95. The van der Waals surface area contributed by atoms with Crippen LogP contribution in [0.5, 0.6) is 0 Å². The minimum absolute atomic E-state index is 0.0192. The highest BCUT2D eigenvalue weighted by molar-refractivity contribution is 7.85. The first-order valence-electron chi connectivity index (χ1n) is 8.35. The summed E-state index contributed by atoms with van der Waals surface area (Å²) in [4.78, 5) is 45.0. The number of nitrogens with one attached hydrogen (secondary N) is 2. The summed E-state index contributed by atoms with van der Waals surface area (Å²) in [7, 11) is -3.80. The second-order valence-electron chi connectivity index (χ2n) is 5.38. The van der Waals surface area contributed by atoms with Crippen LogP contribution in [0.4, 0.5) is 0 Å². The summed E-state index contributed by atoms with van der Waals surface area (Å²) in [5.41, 5.74) is 10.0. The molecule has 0 rings (SSSR count). The fourth-order valence-corrected chi connectivity index (χ4v) is 2.07. The Morgan fingerprint density at radius 1 is 1.24 bits per heavy atom. The van der Waals surface area contributed by atoms with Crippen LogP contribution in [-0.2, 0) is 34.0 Å². The number of aliphatic carboxylic acids is 1. The number of carboxylic acids is 1. The van der Waals surface area contributed by atoms with Gasteiger partial charge in [-0.15, -0.1) is 0 Å².